The molecule has 0 fully saturated rings. The molecule has 8 heteroatoms. The van der Waals surface area contributed by atoms with E-state index in [1.54, 1.807) is 0 Å². The second kappa shape index (κ2) is 15.4. The number of nitrogens with zero attached hydrogens (tertiary/aromatic N) is 3. The lowest BCUT2D eigenvalue weighted by molar-refractivity contribution is -0.117. The van der Waals surface area contributed by atoms with E-state index in [1.807, 2.05) is 20.8 Å². The summed E-state index contributed by atoms with van der Waals surface area (Å²) < 4.78 is 5.11. The Morgan fingerprint density at radius 2 is 1.31 bits per heavy atom. The normalized spacial score (nSPS) is 12.2. The molecule has 5 aromatic rings. The summed E-state index contributed by atoms with van der Waals surface area (Å²) in [6.07, 6.45) is 0. The van der Waals surface area contributed by atoms with Crippen molar-refractivity contribution in [2.75, 3.05) is 41.3 Å². The molecule has 0 spiro atoms. The van der Waals surface area contributed by atoms with Gasteiger partial charge in [-0.3, -0.25) is 9.52 Å². The van der Waals surface area contributed by atoms with Gasteiger partial charge in [-0.05, 0) is 93.8 Å². The van der Waals surface area contributed by atoms with Crippen molar-refractivity contribution in [1.29, 1.82) is 0 Å². The van der Waals surface area contributed by atoms with Crippen LogP contribution < -0.4 is 19.8 Å². The van der Waals surface area contributed by atoms with Gasteiger partial charge in [-0.15, -0.1) is 0 Å². The lowest BCUT2D eigenvalue weighted by Crippen LogP contribution is -2.29. The number of urea groups is 1. The van der Waals surface area contributed by atoms with Gasteiger partial charge < -0.3 is 19.7 Å². The summed E-state index contributed by atoms with van der Waals surface area (Å²) in [7, 11) is 0. The predicted octanol–water partition coefficient (Wildman–Crippen LogP) is 10.0. The quantitative estimate of drug-likeness (QED) is 0.108. The summed E-state index contributed by atoms with van der Waals surface area (Å²) in [6.45, 7) is 20.8. The monoisotopic (exact) mass is 677 g/mol. The maximum atomic E-state index is 13.4. The standard InChI is InChI=1S/C41H51N5O2S/c1-9-44(10-2)30-21-18-28(19-22-30)38(29-20-25-37-34(26-29)32-16-14-15-17-36(32)46(37)13-5)33-24-23-31(45(11-3)12-4)27-35(33)42-40(48)43-49-39(47)41(6,7)8/h14-27,38H,9-13H2,1-8H3,(H2,42,43,48). The SMILES string of the molecule is CCN(CC)c1ccc(C(c2ccc3c(c2)c2ccccc2n3CC)c2ccc(N(CC)CC)cc2NC(=O)NSC(=O)C(C)(C)C)cc1. The zero-order chi connectivity index (χ0) is 35.3. The van der Waals surface area contributed by atoms with Gasteiger partial charge in [-0.25, -0.2) is 4.79 Å². The molecular formula is C41H51N5O2S. The lowest BCUT2D eigenvalue weighted by atomic mass is 9.83. The third-order valence-corrected chi connectivity index (χ3v) is 10.5. The Hall–Kier alpha value is -4.43. The van der Waals surface area contributed by atoms with Crippen LogP contribution in [-0.2, 0) is 11.3 Å². The van der Waals surface area contributed by atoms with E-state index in [2.05, 4.69) is 144 Å². The highest BCUT2D eigenvalue weighted by molar-refractivity contribution is 8.12. The van der Waals surface area contributed by atoms with Gasteiger partial charge in [0.05, 0.1) is 0 Å². The molecule has 49 heavy (non-hydrogen) atoms. The first-order valence-corrected chi connectivity index (χ1v) is 18.4. The maximum absolute atomic E-state index is 13.4. The van der Waals surface area contributed by atoms with Crippen LogP contribution in [0, 0.1) is 5.41 Å². The molecule has 0 aliphatic rings. The molecule has 258 valence electrons. The molecule has 1 atom stereocenters. The highest BCUT2D eigenvalue weighted by Crippen LogP contribution is 2.41. The number of benzene rings is 4. The summed E-state index contributed by atoms with van der Waals surface area (Å²) in [5.41, 5.74) is 8.02. The molecule has 1 aromatic heterocycles. The number of hydrogen-bond acceptors (Lipinski definition) is 5. The van der Waals surface area contributed by atoms with E-state index in [0.717, 1.165) is 67.0 Å². The summed E-state index contributed by atoms with van der Waals surface area (Å²) in [5.74, 6) is -0.177. The Bertz CT molecular complexity index is 1920. The Kier molecular flexibility index (Phi) is 11.3. The van der Waals surface area contributed by atoms with Crippen LogP contribution in [0.5, 0.6) is 0 Å². The highest BCUT2D eigenvalue weighted by atomic mass is 32.2. The molecule has 0 aliphatic heterocycles. The van der Waals surface area contributed by atoms with Gasteiger partial charge in [0.1, 0.15) is 0 Å². The number of anilines is 3. The number of para-hydroxylation sites is 1. The average molecular weight is 678 g/mol. The zero-order valence-corrected chi connectivity index (χ0v) is 31.1. The molecule has 5 rings (SSSR count). The number of fused-ring (bicyclic) bond motifs is 3. The fourth-order valence-electron chi connectivity index (χ4n) is 6.69. The first kappa shape index (κ1) is 35.9. The summed E-state index contributed by atoms with van der Waals surface area (Å²) in [6, 6.07) is 30.2. The maximum Gasteiger partial charge on any atom is 0.329 e. The van der Waals surface area contributed by atoms with Gasteiger partial charge in [0.25, 0.3) is 0 Å². The topological polar surface area (TPSA) is 69.6 Å². The Labute approximate surface area is 296 Å². The first-order chi connectivity index (χ1) is 23.5. The fourth-order valence-corrected chi connectivity index (χ4v) is 7.24. The van der Waals surface area contributed by atoms with E-state index in [0.29, 0.717) is 5.69 Å². The Balaban J connectivity index is 1.68. The average Bonchev–Trinajstić information content (AvgIpc) is 3.42. The van der Waals surface area contributed by atoms with E-state index in [9.17, 15) is 9.59 Å². The molecule has 0 saturated carbocycles. The van der Waals surface area contributed by atoms with E-state index in [-0.39, 0.29) is 11.0 Å². The highest BCUT2D eigenvalue weighted by Gasteiger charge is 2.26. The number of rotatable bonds is 11. The van der Waals surface area contributed by atoms with E-state index < -0.39 is 11.4 Å². The molecule has 2 amide bonds. The molecule has 0 saturated heterocycles. The van der Waals surface area contributed by atoms with Gasteiger partial charge in [0, 0.05) is 94.9 Å². The summed E-state index contributed by atoms with van der Waals surface area (Å²) in [5, 5.41) is 5.48. The smallest absolute Gasteiger partial charge is 0.329 e. The number of aromatic nitrogens is 1. The van der Waals surface area contributed by atoms with E-state index in [4.69, 9.17) is 0 Å². The summed E-state index contributed by atoms with van der Waals surface area (Å²) in [4.78, 5) is 30.7. The molecule has 1 heterocycles. The minimum Gasteiger partial charge on any atom is -0.372 e. The van der Waals surface area contributed by atoms with Crippen LogP contribution in [0.1, 0.15) is 78.0 Å². The van der Waals surface area contributed by atoms with E-state index >= 15 is 0 Å². The molecule has 0 radical (unpaired) electrons. The van der Waals surface area contributed by atoms with Crippen molar-refractivity contribution in [3.63, 3.8) is 0 Å². The van der Waals surface area contributed by atoms with Crippen molar-refractivity contribution < 1.29 is 9.59 Å². The summed E-state index contributed by atoms with van der Waals surface area (Å²) >= 11 is 0.834. The van der Waals surface area contributed by atoms with Gasteiger partial charge in [0.15, 0.2) is 0 Å². The Morgan fingerprint density at radius 3 is 1.94 bits per heavy atom. The van der Waals surface area contributed by atoms with Gasteiger partial charge in [-0.2, -0.15) is 0 Å². The second-order valence-corrected chi connectivity index (χ2v) is 14.2. The second-order valence-electron chi connectivity index (χ2n) is 13.4. The molecule has 0 bridgehead atoms. The third-order valence-electron chi connectivity index (χ3n) is 9.37. The number of carbonyl (C=O) groups is 2. The molecule has 1 unspecified atom stereocenters. The van der Waals surface area contributed by atoms with Gasteiger partial charge in [-0.1, -0.05) is 63.2 Å². The number of nitrogens with one attached hydrogen (secondary N) is 2. The molecule has 7 nitrogen and oxygen atoms in total. The van der Waals surface area contributed by atoms with Crippen LogP contribution in [0.3, 0.4) is 0 Å². The van der Waals surface area contributed by atoms with Crippen LogP contribution in [-0.4, -0.2) is 41.9 Å². The predicted molar refractivity (Wildman–Crippen MR) is 210 cm³/mol. The van der Waals surface area contributed by atoms with Crippen molar-refractivity contribution >= 4 is 62.0 Å². The lowest BCUT2D eigenvalue weighted by Gasteiger charge is -2.27. The number of hydrogen-bond donors (Lipinski definition) is 2. The van der Waals surface area contributed by atoms with Crippen molar-refractivity contribution in [1.82, 2.24) is 9.29 Å². The van der Waals surface area contributed by atoms with Crippen molar-refractivity contribution in [3.8, 4) is 0 Å². The van der Waals surface area contributed by atoms with Crippen LogP contribution in [0.2, 0.25) is 0 Å². The van der Waals surface area contributed by atoms with Crippen molar-refractivity contribution in [2.24, 2.45) is 5.41 Å². The van der Waals surface area contributed by atoms with E-state index in [1.165, 1.54) is 27.5 Å². The minimum atomic E-state index is -0.576. The Morgan fingerprint density at radius 1 is 0.714 bits per heavy atom. The van der Waals surface area contributed by atoms with Crippen LogP contribution >= 0.6 is 11.9 Å². The third kappa shape index (κ3) is 7.59. The van der Waals surface area contributed by atoms with Crippen LogP contribution in [0.4, 0.5) is 21.9 Å². The van der Waals surface area contributed by atoms with Crippen LogP contribution in [0.15, 0.2) is 84.9 Å². The molecule has 2 N–H and O–H groups in total. The number of aryl methyl sites for hydroxylation is 1. The molecular weight excluding hydrogens is 627 g/mol. The fraction of sp³-hybridized carbons (Fsp3) is 0.366. The van der Waals surface area contributed by atoms with Crippen molar-refractivity contribution in [3.05, 3.63) is 102 Å². The van der Waals surface area contributed by atoms with Crippen molar-refractivity contribution in [2.45, 2.75) is 67.9 Å². The number of carbonyl (C=O) groups excluding carboxylic acids is 2. The molecule has 0 aliphatic carbocycles. The zero-order valence-electron chi connectivity index (χ0n) is 30.3. The van der Waals surface area contributed by atoms with Crippen LogP contribution in [0.25, 0.3) is 21.8 Å². The van der Waals surface area contributed by atoms with Gasteiger partial charge >= 0.3 is 6.03 Å². The molecule has 4 aromatic carbocycles. The van der Waals surface area contributed by atoms with Gasteiger partial charge in [0.2, 0.25) is 5.12 Å². The first-order valence-electron chi connectivity index (χ1n) is 17.6. The minimum absolute atomic E-state index is 0.106. The number of amides is 2. The largest absolute Gasteiger partial charge is 0.372 e.